The first-order valence-electron chi connectivity index (χ1n) is 19.0. The summed E-state index contributed by atoms with van der Waals surface area (Å²) in [6, 6.07) is 8.14. The number of phenols is 1. The lowest BCUT2D eigenvalue weighted by molar-refractivity contribution is -0.158. The van der Waals surface area contributed by atoms with Gasteiger partial charge in [0.1, 0.15) is 29.7 Å². The molecule has 0 saturated carbocycles. The van der Waals surface area contributed by atoms with E-state index in [2.05, 4.69) is 33.3 Å². The number of piperazine rings is 1. The molecule has 13 nitrogen and oxygen atoms in total. The van der Waals surface area contributed by atoms with E-state index in [1.54, 1.807) is 7.11 Å². The number of esters is 2. The molecule has 1 spiro atoms. The van der Waals surface area contributed by atoms with E-state index in [0.717, 1.165) is 38.8 Å². The number of ether oxygens (including phenoxy) is 5. The van der Waals surface area contributed by atoms with Crippen LogP contribution in [-0.4, -0.2) is 84.8 Å². The predicted molar refractivity (Wildman–Crippen MR) is 204 cm³/mol. The fourth-order valence-corrected chi connectivity index (χ4v) is 12.3. The quantitative estimate of drug-likeness (QED) is 0.199. The van der Waals surface area contributed by atoms with Crippen LogP contribution in [0.3, 0.4) is 0 Å². The molecular weight excluding hydrogens is 737 g/mol. The van der Waals surface area contributed by atoms with E-state index < -0.39 is 46.9 Å². The number of carbonyl (C=O) groups is 2. The Kier molecular flexibility index (Phi) is 7.94. The van der Waals surface area contributed by atoms with E-state index in [0.29, 0.717) is 64.9 Å². The molecule has 2 fully saturated rings. The normalized spacial score (nSPS) is 28.8. The first-order chi connectivity index (χ1) is 27.0. The van der Waals surface area contributed by atoms with Crippen molar-refractivity contribution in [2.75, 3.05) is 39.9 Å². The molecule has 290 valence electrons. The maximum absolute atomic E-state index is 14.9. The number of carbonyl (C=O) groups excluding carboxylic acids is 2. The van der Waals surface area contributed by atoms with Crippen LogP contribution < -0.4 is 24.3 Å². The van der Waals surface area contributed by atoms with Crippen LogP contribution in [0.1, 0.15) is 74.5 Å². The van der Waals surface area contributed by atoms with E-state index in [-0.39, 0.29) is 30.9 Å². The van der Waals surface area contributed by atoms with Crippen LogP contribution in [0.15, 0.2) is 28.7 Å². The number of nitrogens with zero attached hydrogens (tertiary/aromatic N) is 3. The number of methoxy groups -OCH3 is 1. The number of likely N-dealkylation sites (N-methyl/N-ethyl adjacent to an activating group) is 1. The number of rotatable bonds is 2. The van der Waals surface area contributed by atoms with Gasteiger partial charge < -0.3 is 33.2 Å². The average Bonchev–Trinajstić information content (AvgIpc) is 3.81. The fraction of sp³-hybridized carbons (Fsp3) is 0.452. The number of nitriles is 1. The van der Waals surface area contributed by atoms with E-state index in [4.69, 9.17) is 28.1 Å². The molecule has 0 unspecified atom stereocenters. The second-order valence-corrected chi connectivity index (χ2v) is 16.9. The molecule has 2 N–H and O–H groups in total. The average molecular weight is 779 g/mol. The van der Waals surface area contributed by atoms with Gasteiger partial charge in [0.05, 0.1) is 30.5 Å². The van der Waals surface area contributed by atoms with E-state index in [1.165, 1.54) is 18.7 Å². The van der Waals surface area contributed by atoms with Crippen molar-refractivity contribution in [3.63, 3.8) is 0 Å². The van der Waals surface area contributed by atoms with Crippen molar-refractivity contribution >= 4 is 34.7 Å². The molecule has 2 saturated heterocycles. The molecule has 1 aromatic heterocycles. The third-order valence-corrected chi connectivity index (χ3v) is 14.4. The zero-order chi connectivity index (χ0) is 38.9. The number of aromatic hydroxyl groups is 1. The predicted octanol–water partition coefficient (Wildman–Crippen LogP) is 5.33. The first-order valence-corrected chi connectivity index (χ1v) is 20.0. The monoisotopic (exact) mass is 778 g/mol. The number of nitrogens with one attached hydrogen (secondary N) is 1. The summed E-state index contributed by atoms with van der Waals surface area (Å²) >= 11 is 1.52. The number of furan rings is 1. The molecule has 7 atom stereocenters. The lowest BCUT2D eigenvalue weighted by Crippen LogP contribution is -2.69. The standard InChI is InChI=1S/C42H42N4O9S/c1-18-7-8-28-24(11-18)23-9-10-44-42(40(23)55-28)16-56-39-31-30(38-37(52-17-53-38)20(3)36(31)54-21(4)47)27(15-51-41(42)49)46-26(14-43)25-13-22-12-19(2)35(50-6)34(48)29(22)32(33(39)46)45(25)5/h7-8,11-12,25-27,32-33,39,44,48H,9-10,13,15-17H2,1-6H3/t25-,26-,27-,32+,33+,39+,42+/m0/s1. The lowest BCUT2D eigenvalue weighted by atomic mass is 9.71. The molecule has 7 aliphatic heterocycles. The minimum atomic E-state index is -1.36. The number of phenolic OH excluding ortho intramolecular Hbond substituents is 1. The summed E-state index contributed by atoms with van der Waals surface area (Å²) < 4.78 is 37.3. The second-order valence-electron chi connectivity index (χ2n) is 15.8. The van der Waals surface area contributed by atoms with Gasteiger partial charge in [0.2, 0.25) is 6.79 Å². The maximum Gasteiger partial charge on any atom is 0.335 e. The van der Waals surface area contributed by atoms with Gasteiger partial charge in [0.15, 0.2) is 28.5 Å². The smallest absolute Gasteiger partial charge is 0.335 e. The lowest BCUT2D eigenvalue weighted by Gasteiger charge is -2.62. The summed E-state index contributed by atoms with van der Waals surface area (Å²) in [4.78, 5) is 32.2. The highest BCUT2D eigenvalue weighted by atomic mass is 32.2. The number of fused-ring (bicyclic) bond motifs is 11. The Balaban J connectivity index is 1.25. The van der Waals surface area contributed by atoms with Crippen molar-refractivity contribution in [2.45, 2.75) is 81.5 Å². The van der Waals surface area contributed by atoms with Crippen LogP contribution in [0, 0.1) is 32.1 Å². The Morgan fingerprint density at radius 3 is 2.68 bits per heavy atom. The molecule has 14 heteroatoms. The SMILES string of the molecule is COc1c(C)cc2c(c1O)[C@@H]1[C@@H]3[C@@H]4SC[C@]5(NCCc6c5oc5ccc(C)cc65)C(=O)OC[C@@H](c5c6c(c(C)c(OC(C)=O)c54)OCO6)N3[C@@H](C#N)[C@H](C2)N1C. The van der Waals surface area contributed by atoms with Crippen molar-refractivity contribution in [1.29, 1.82) is 5.26 Å². The Bertz CT molecular complexity index is 2440. The molecule has 0 amide bonds. The molecule has 0 radical (unpaired) electrons. The number of hydrogen-bond donors (Lipinski definition) is 2. The molecule has 8 heterocycles. The molecule has 7 aliphatic rings. The van der Waals surface area contributed by atoms with Gasteiger partial charge in [-0.1, -0.05) is 17.7 Å². The van der Waals surface area contributed by atoms with Crippen LogP contribution >= 0.6 is 11.8 Å². The van der Waals surface area contributed by atoms with Gasteiger partial charge in [0.25, 0.3) is 0 Å². The number of aryl methyl sites for hydroxylation is 2. The highest BCUT2D eigenvalue weighted by Gasteiger charge is 2.62. The number of hydrogen-bond acceptors (Lipinski definition) is 14. The summed E-state index contributed by atoms with van der Waals surface area (Å²) in [7, 11) is 3.56. The summed E-state index contributed by atoms with van der Waals surface area (Å²) in [6.45, 7) is 7.50. The summed E-state index contributed by atoms with van der Waals surface area (Å²) in [5, 5.41) is 27.2. The number of thioether (sulfide) groups is 1. The molecule has 0 aliphatic carbocycles. The molecule has 3 aromatic carbocycles. The highest BCUT2D eigenvalue weighted by Crippen LogP contribution is 2.64. The van der Waals surface area contributed by atoms with Crippen molar-refractivity contribution in [1.82, 2.24) is 15.1 Å². The fourth-order valence-electron chi connectivity index (χ4n) is 10.6. The second kappa shape index (κ2) is 12.5. The van der Waals surface area contributed by atoms with Crippen molar-refractivity contribution in [2.24, 2.45) is 0 Å². The molecule has 56 heavy (non-hydrogen) atoms. The minimum Gasteiger partial charge on any atom is -0.504 e. The Labute approximate surface area is 327 Å². The zero-order valence-corrected chi connectivity index (χ0v) is 32.8. The van der Waals surface area contributed by atoms with E-state index >= 15 is 0 Å². The van der Waals surface area contributed by atoms with Gasteiger partial charge >= 0.3 is 11.9 Å². The van der Waals surface area contributed by atoms with Gasteiger partial charge in [-0.2, -0.15) is 5.26 Å². The first kappa shape index (κ1) is 35.5. The van der Waals surface area contributed by atoms with Crippen LogP contribution in [0.25, 0.3) is 11.0 Å². The van der Waals surface area contributed by atoms with Crippen molar-refractivity contribution in [3.8, 4) is 34.8 Å². The largest absolute Gasteiger partial charge is 0.504 e. The van der Waals surface area contributed by atoms with Gasteiger partial charge in [-0.3, -0.25) is 19.9 Å². The topological polar surface area (TPSA) is 156 Å². The van der Waals surface area contributed by atoms with Gasteiger partial charge in [-0.15, -0.1) is 11.8 Å². The van der Waals surface area contributed by atoms with Crippen LogP contribution in [0.5, 0.6) is 28.7 Å². The molecule has 4 bridgehead atoms. The third-order valence-electron chi connectivity index (χ3n) is 12.9. The minimum absolute atomic E-state index is 0.0444. The highest BCUT2D eigenvalue weighted by molar-refractivity contribution is 7.99. The summed E-state index contributed by atoms with van der Waals surface area (Å²) in [6.07, 6.45) is 1.18. The Morgan fingerprint density at radius 2 is 1.91 bits per heavy atom. The van der Waals surface area contributed by atoms with Crippen LogP contribution in [-0.2, 0) is 32.7 Å². The summed E-state index contributed by atoms with van der Waals surface area (Å²) in [5.41, 5.74) is 5.90. The third kappa shape index (κ3) is 4.65. The molecule has 4 aromatic rings. The Hall–Kier alpha value is -4.94. The van der Waals surface area contributed by atoms with Crippen molar-refractivity contribution in [3.05, 3.63) is 74.5 Å². The summed E-state index contributed by atoms with van der Waals surface area (Å²) in [5.74, 6) is 1.50. The van der Waals surface area contributed by atoms with Crippen LogP contribution in [0.4, 0.5) is 0 Å². The van der Waals surface area contributed by atoms with Gasteiger partial charge in [-0.25, -0.2) is 4.79 Å². The van der Waals surface area contributed by atoms with Gasteiger partial charge in [0, 0.05) is 64.5 Å². The molecular formula is C42H42N4O9S. The van der Waals surface area contributed by atoms with E-state index in [9.17, 15) is 20.0 Å². The van der Waals surface area contributed by atoms with E-state index in [1.807, 2.05) is 40.0 Å². The zero-order valence-electron chi connectivity index (χ0n) is 32.0. The van der Waals surface area contributed by atoms with Crippen molar-refractivity contribution < 1.29 is 42.8 Å². The maximum atomic E-state index is 14.9. The molecule has 11 rings (SSSR count). The number of benzene rings is 3. The van der Waals surface area contributed by atoms with Gasteiger partial charge in [-0.05, 0) is 63.9 Å². The Morgan fingerprint density at radius 1 is 1.11 bits per heavy atom. The van der Waals surface area contributed by atoms with Crippen LogP contribution in [0.2, 0.25) is 0 Å².